The third-order valence-corrected chi connectivity index (χ3v) is 1.72. The quantitative estimate of drug-likeness (QED) is 0.557. The van der Waals surface area contributed by atoms with Crippen LogP contribution in [0.4, 0.5) is 0 Å². The molecule has 0 rings (SSSR count). The van der Waals surface area contributed by atoms with Crippen LogP contribution in [0.25, 0.3) is 0 Å². The highest BCUT2D eigenvalue weighted by atomic mass is 14.8. The third-order valence-electron chi connectivity index (χ3n) is 1.72. The van der Waals surface area contributed by atoms with Crippen LogP contribution in [-0.2, 0) is 0 Å². The van der Waals surface area contributed by atoms with Gasteiger partial charge in [-0.15, -0.1) is 0 Å². The van der Waals surface area contributed by atoms with E-state index >= 15 is 0 Å². The molecule has 0 aromatic carbocycles. The first-order valence-electron chi connectivity index (χ1n) is 4.07. The molecule has 0 amide bonds. The molecule has 0 spiro atoms. The Bertz CT molecular complexity index is 78.8. The van der Waals surface area contributed by atoms with E-state index in [4.69, 9.17) is 6.58 Å². The first kappa shape index (κ1) is 9.70. The Balaban J connectivity index is 3.17. The van der Waals surface area contributed by atoms with E-state index in [2.05, 4.69) is 12.2 Å². The zero-order valence-corrected chi connectivity index (χ0v) is 7.06. The van der Waals surface area contributed by atoms with Crippen molar-refractivity contribution >= 4 is 0 Å². The molecular formula is C9H18N. The number of likely N-dealkylation sites (N-methyl/N-ethyl adjacent to an activating group) is 1. The average molecular weight is 140 g/mol. The van der Waals surface area contributed by atoms with Crippen LogP contribution in [0.2, 0.25) is 0 Å². The Morgan fingerprint density at radius 3 is 2.60 bits per heavy atom. The molecule has 1 radical (unpaired) electrons. The van der Waals surface area contributed by atoms with Crippen molar-refractivity contribution in [2.24, 2.45) is 0 Å². The van der Waals surface area contributed by atoms with Gasteiger partial charge in [-0.1, -0.05) is 38.8 Å². The lowest BCUT2D eigenvalue weighted by Crippen LogP contribution is -2.21. The maximum atomic E-state index is 5.38. The summed E-state index contributed by atoms with van der Waals surface area (Å²) in [5.74, 6) is 0. The molecule has 1 heteroatoms. The average Bonchev–Trinajstić information content (AvgIpc) is 1.99. The van der Waals surface area contributed by atoms with Crippen molar-refractivity contribution < 1.29 is 0 Å². The second-order valence-electron chi connectivity index (χ2n) is 2.58. The van der Waals surface area contributed by atoms with E-state index in [0.717, 1.165) is 0 Å². The third kappa shape index (κ3) is 4.57. The number of rotatable bonds is 6. The molecule has 1 N–H and O–H groups in total. The molecule has 0 aliphatic heterocycles. The standard InChI is InChI=1S/C9H18N/c1-4-6-7-8-9(5-2)10-3/h2,5,9-10H,4,6-8H2,1,3H3. The van der Waals surface area contributed by atoms with Gasteiger partial charge in [-0.3, -0.25) is 0 Å². The van der Waals surface area contributed by atoms with Gasteiger partial charge >= 0.3 is 0 Å². The van der Waals surface area contributed by atoms with Gasteiger partial charge < -0.3 is 5.32 Å². The smallest absolute Gasteiger partial charge is 0.0250 e. The van der Waals surface area contributed by atoms with Crippen molar-refractivity contribution in [2.75, 3.05) is 7.05 Å². The van der Waals surface area contributed by atoms with Gasteiger partial charge in [-0.25, -0.2) is 0 Å². The van der Waals surface area contributed by atoms with Crippen molar-refractivity contribution in [3.8, 4) is 0 Å². The summed E-state index contributed by atoms with van der Waals surface area (Å²) in [5, 5.41) is 3.13. The summed E-state index contributed by atoms with van der Waals surface area (Å²) in [5.41, 5.74) is 0. The van der Waals surface area contributed by atoms with Crippen LogP contribution in [-0.4, -0.2) is 13.1 Å². The van der Waals surface area contributed by atoms with Gasteiger partial charge in [0.2, 0.25) is 0 Å². The van der Waals surface area contributed by atoms with E-state index in [-0.39, 0.29) is 0 Å². The minimum Gasteiger partial charge on any atom is -0.314 e. The maximum absolute atomic E-state index is 5.38. The molecule has 0 bridgehead atoms. The van der Waals surface area contributed by atoms with Gasteiger partial charge in [0.25, 0.3) is 0 Å². The summed E-state index contributed by atoms with van der Waals surface area (Å²) in [7, 11) is 1.94. The van der Waals surface area contributed by atoms with Crippen molar-refractivity contribution in [1.29, 1.82) is 0 Å². The van der Waals surface area contributed by atoms with Gasteiger partial charge in [0.1, 0.15) is 0 Å². The number of nitrogens with one attached hydrogen (secondary N) is 1. The maximum Gasteiger partial charge on any atom is 0.0250 e. The van der Waals surface area contributed by atoms with E-state index in [1.165, 1.54) is 25.7 Å². The largest absolute Gasteiger partial charge is 0.314 e. The Morgan fingerprint density at radius 2 is 2.20 bits per heavy atom. The summed E-state index contributed by atoms with van der Waals surface area (Å²) in [6.07, 6.45) is 6.76. The van der Waals surface area contributed by atoms with Crippen LogP contribution < -0.4 is 5.32 Å². The van der Waals surface area contributed by atoms with E-state index in [1.807, 2.05) is 7.05 Å². The molecule has 0 fully saturated rings. The Hall–Kier alpha value is -0.300. The summed E-state index contributed by atoms with van der Waals surface area (Å²) in [4.78, 5) is 0. The second kappa shape index (κ2) is 6.81. The van der Waals surface area contributed by atoms with Crippen molar-refractivity contribution in [1.82, 2.24) is 5.32 Å². The fourth-order valence-electron chi connectivity index (χ4n) is 0.951. The molecule has 10 heavy (non-hydrogen) atoms. The molecule has 59 valence electrons. The number of hydrogen-bond donors (Lipinski definition) is 1. The lowest BCUT2D eigenvalue weighted by atomic mass is 10.1. The molecule has 1 atom stereocenters. The van der Waals surface area contributed by atoms with Crippen molar-refractivity contribution in [3.63, 3.8) is 0 Å². The summed E-state index contributed by atoms with van der Waals surface area (Å²) in [6, 6.07) is 0.409. The van der Waals surface area contributed by atoms with Gasteiger partial charge in [0.05, 0.1) is 0 Å². The van der Waals surface area contributed by atoms with E-state index in [1.54, 1.807) is 6.08 Å². The molecule has 0 aromatic rings. The molecular weight excluding hydrogens is 122 g/mol. The highest BCUT2D eigenvalue weighted by molar-refractivity contribution is 4.81. The fourth-order valence-corrected chi connectivity index (χ4v) is 0.951. The topological polar surface area (TPSA) is 12.0 Å². The second-order valence-corrected chi connectivity index (χ2v) is 2.58. The van der Waals surface area contributed by atoms with Crippen molar-refractivity contribution in [2.45, 2.75) is 38.6 Å². The van der Waals surface area contributed by atoms with Crippen LogP contribution >= 0.6 is 0 Å². The van der Waals surface area contributed by atoms with Crippen LogP contribution in [0, 0.1) is 6.58 Å². The SMILES string of the molecule is [CH]=CC(CCCCC)NC. The molecule has 0 saturated carbocycles. The molecule has 1 nitrogen and oxygen atoms in total. The predicted molar refractivity (Wildman–Crippen MR) is 45.9 cm³/mol. The van der Waals surface area contributed by atoms with Crippen LogP contribution in [0.5, 0.6) is 0 Å². The predicted octanol–water partition coefficient (Wildman–Crippen LogP) is 2.14. The molecule has 0 heterocycles. The van der Waals surface area contributed by atoms with Gasteiger partial charge in [-0.2, -0.15) is 0 Å². The van der Waals surface area contributed by atoms with E-state index < -0.39 is 0 Å². The first-order chi connectivity index (χ1) is 4.85. The summed E-state index contributed by atoms with van der Waals surface area (Å²) < 4.78 is 0. The van der Waals surface area contributed by atoms with E-state index in [9.17, 15) is 0 Å². The Kier molecular flexibility index (Phi) is 6.61. The Morgan fingerprint density at radius 1 is 1.50 bits per heavy atom. The van der Waals surface area contributed by atoms with Gasteiger partial charge in [0.15, 0.2) is 0 Å². The Labute approximate surface area is 64.5 Å². The molecule has 0 aliphatic carbocycles. The van der Waals surface area contributed by atoms with Gasteiger partial charge in [0, 0.05) is 6.04 Å². The molecule has 0 saturated heterocycles. The van der Waals surface area contributed by atoms with Gasteiger partial charge in [-0.05, 0) is 13.5 Å². The monoisotopic (exact) mass is 140 g/mol. The zero-order valence-electron chi connectivity index (χ0n) is 7.06. The molecule has 0 aliphatic rings. The molecule has 0 aromatic heterocycles. The fraction of sp³-hybridized carbons (Fsp3) is 0.778. The van der Waals surface area contributed by atoms with Crippen molar-refractivity contribution in [3.05, 3.63) is 12.7 Å². The van der Waals surface area contributed by atoms with E-state index in [0.29, 0.717) is 6.04 Å². The van der Waals surface area contributed by atoms with Crippen LogP contribution in [0.1, 0.15) is 32.6 Å². The number of hydrogen-bond acceptors (Lipinski definition) is 1. The highest BCUT2D eigenvalue weighted by Gasteiger charge is 1.97. The zero-order chi connectivity index (χ0) is 7.82. The number of unbranched alkanes of at least 4 members (excludes halogenated alkanes) is 2. The van der Waals surface area contributed by atoms with Crippen LogP contribution in [0.3, 0.4) is 0 Å². The summed E-state index contributed by atoms with van der Waals surface area (Å²) in [6.45, 7) is 7.59. The van der Waals surface area contributed by atoms with Crippen LogP contribution in [0.15, 0.2) is 6.08 Å². The summed E-state index contributed by atoms with van der Waals surface area (Å²) >= 11 is 0. The highest BCUT2D eigenvalue weighted by Crippen LogP contribution is 2.02. The lowest BCUT2D eigenvalue weighted by Gasteiger charge is -2.09. The lowest BCUT2D eigenvalue weighted by molar-refractivity contribution is 0.562. The first-order valence-corrected chi connectivity index (χ1v) is 4.07. The normalized spacial score (nSPS) is 13.0. The minimum absolute atomic E-state index is 0.409. The minimum atomic E-state index is 0.409. The molecule has 1 unspecified atom stereocenters.